The van der Waals surface area contributed by atoms with E-state index in [1.165, 1.54) is 25.9 Å². The van der Waals surface area contributed by atoms with Gasteiger partial charge in [0.1, 0.15) is 17.9 Å². The Balaban J connectivity index is 1.33. The molecule has 1 fully saturated rings. The van der Waals surface area contributed by atoms with E-state index in [0.29, 0.717) is 5.89 Å². The van der Waals surface area contributed by atoms with Crippen molar-refractivity contribution in [1.82, 2.24) is 9.88 Å². The molecule has 2 aromatic carbocycles. The Kier molecular flexibility index (Phi) is 4.79. The first kappa shape index (κ1) is 15.9. The lowest BCUT2D eigenvalue weighted by Crippen LogP contribution is -2.25. The van der Waals surface area contributed by atoms with E-state index < -0.39 is 0 Å². The van der Waals surface area contributed by atoms with Crippen LogP contribution in [0.5, 0.6) is 5.75 Å². The third-order valence-electron chi connectivity index (χ3n) is 4.48. The average molecular weight is 334 g/mol. The number of fused-ring (bicyclic) bond motifs is 1. The van der Waals surface area contributed by atoms with Crippen LogP contribution in [0.15, 0.2) is 52.9 Å². The van der Waals surface area contributed by atoms with Crippen LogP contribution in [0.25, 0.3) is 23.3 Å². The summed E-state index contributed by atoms with van der Waals surface area (Å²) >= 11 is 0. The molecule has 4 nitrogen and oxygen atoms in total. The van der Waals surface area contributed by atoms with Crippen molar-refractivity contribution in [2.75, 3.05) is 26.2 Å². The van der Waals surface area contributed by atoms with Crippen LogP contribution in [0.3, 0.4) is 0 Å². The first-order valence-corrected chi connectivity index (χ1v) is 8.86. The molecular weight excluding hydrogens is 312 g/mol. The fraction of sp³-hybridized carbons (Fsp3) is 0.286. The molecule has 1 aliphatic heterocycles. The molecule has 0 unspecified atom stereocenters. The number of oxazole rings is 1. The van der Waals surface area contributed by atoms with Gasteiger partial charge in [-0.1, -0.05) is 24.3 Å². The summed E-state index contributed by atoms with van der Waals surface area (Å²) in [7, 11) is 0. The zero-order chi connectivity index (χ0) is 16.9. The highest BCUT2D eigenvalue weighted by molar-refractivity contribution is 5.75. The van der Waals surface area contributed by atoms with Crippen molar-refractivity contribution in [3.63, 3.8) is 0 Å². The van der Waals surface area contributed by atoms with Gasteiger partial charge in [0, 0.05) is 12.6 Å². The molecule has 0 spiro atoms. The number of para-hydroxylation sites is 2. The second kappa shape index (κ2) is 7.53. The second-order valence-electron chi connectivity index (χ2n) is 6.32. The van der Waals surface area contributed by atoms with Crippen LogP contribution < -0.4 is 4.74 Å². The molecule has 2 heterocycles. The standard InChI is InChI=1S/C21H22N2O2/c1-2-6-20-19(5-1)22-21(25-20)12-9-17-7-10-18(11-8-17)24-16-15-23-13-3-4-14-23/h1-2,5-12H,3-4,13-16H2. The number of benzene rings is 2. The number of rotatable bonds is 6. The fourth-order valence-electron chi connectivity index (χ4n) is 3.10. The molecule has 4 rings (SSSR count). The summed E-state index contributed by atoms with van der Waals surface area (Å²) in [6, 6.07) is 15.9. The van der Waals surface area contributed by atoms with Crippen molar-refractivity contribution in [1.29, 1.82) is 0 Å². The molecule has 0 bridgehead atoms. The van der Waals surface area contributed by atoms with E-state index >= 15 is 0 Å². The summed E-state index contributed by atoms with van der Waals surface area (Å²) in [5, 5.41) is 0. The van der Waals surface area contributed by atoms with Gasteiger partial charge in [-0.25, -0.2) is 4.98 Å². The Bertz CT molecular complexity index is 813. The smallest absolute Gasteiger partial charge is 0.220 e. The van der Waals surface area contributed by atoms with Gasteiger partial charge < -0.3 is 9.15 Å². The van der Waals surface area contributed by atoms with E-state index in [-0.39, 0.29) is 0 Å². The number of aromatic nitrogens is 1. The van der Waals surface area contributed by atoms with Crippen molar-refractivity contribution < 1.29 is 9.15 Å². The molecule has 0 N–H and O–H groups in total. The molecule has 25 heavy (non-hydrogen) atoms. The topological polar surface area (TPSA) is 38.5 Å². The first-order valence-electron chi connectivity index (χ1n) is 8.86. The third-order valence-corrected chi connectivity index (χ3v) is 4.48. The number of likely N-dealkylation sites (tertiary alicyclic amines) is 1. The summed E-state index contributed by atoms with van der Waals surface area (Å²) in [5.41, 5.74) is 2.78. The van der Waals surface area contributed by atoms with Crippen LogP contribution >= 0.6 is 0 Å². The summed E-state index contributed by atoms with van der Waals surface area (Å²) in [6.07, 6.45) is 6.53. The molecule has 4 heteroatoms. The van der Waals surface area contributed by atoms with Crippen LogP contribution in [0.2, 0.25) is 0 Å². The van der Waals surface area contributed by atoms with Gasteiger partial charge in [-0.15, -0.1) is 0 Å². The van der Waals surface area contributed by atoms with Gasteiger partial charge in [-0.2, -0.15) is 0 Å². The molecule has 0 aliphatic carbocycles. The van der Waals surface area contributed by atoms with E-state index in [4.69, 9.17) is 9.15 Å². The van der Waals surface area contributed by atoms with Crippen LogP contribution in [0, 0.1) is 0 Å². The number of nitrogens with zero attached hydrogens (tertiary/aromatic N) is 2. The van der Waals surface area contributed by atoms with Gasteiger partial charge in [0.05, 0.1) is 0 Å². The minimum atomic E-state index is 0.618. The predicted molar refractivity (Wildman–Crippen MR) is 101 cm³/mol. The predicted octanol–water partition coefficient (Wildman–Crippen LogP) is 4.47. The highest BCUT2D eigenvalue weighted by Gasteiger charge is 2.10. The third kappa shape index (κ3) is 4.09. The van der Waals surface area contributed by atoms with Crippen molar-refractivity contribution in [3.8, 4) is 5.75 Å². The van der Waals surface area contributed by atoms with Gasteiger partial charge >= 0.3 is 0 Å². The molecule has 0 amide bonds. The number of hydrogen-bond donors (Lipinski definition) is 0. The van der Waals surface area contributed by atoms with Crippen molar-refractivity contribution in [3.05, 3.63) is 60.0 Å². The highest BCUT2D eigenvalue weighted by atomic mass is 16.5. The van der Waals surface area contributed by atoms with Crippen LogP contribution in [0.4, 0.5) is 0 Å². The van der Waals surface area contributed by atoms with Crippen LogP contribution in [-0.2, 0) is 0 Å². The lowest BCUT2D eigenvalue weighted by Gasteiger charge is -2.14. The zero-order valence-electron chi connectivity index (χ0n) is 14.2. The van der Waals surface area contributed by atoms with E-state index in [1.807, 2.05) is 60.7 Å². The largest absolute Gasteiger partial charge is 0.492 e. The van der Waals surface area contributed by atoms with Gasteiger partial charge in [0.15, 0.2) is 5.58 Å². The lowest BCUT2D eigenvalue weighted by atomic mass is 10.2. The van der Waals surface area contributed by atoms with Crippen LogP contribution in [0.1, 0.15) is 24.3 Å². The first-order chi connectivity index (χ1) is 12.4. The van der Waals surface area contributed by atoms with Gasteiger partial charge in [0.2, 0.25) is 5.89 Å². The molecule has 1 saturated heterocycles. The highest BCUT2D eigenvalue weighted by Crippen LogP contribution is 2.18. The van der Waals surface area contributed by atoms with Gasteiger partial charge in [-0.05, 0) is 61.8 Å². The average Bonchev–Trinajstić information content (AvgIpc) is 3.30. The molecule has 3 aromatic rings. The second-order valence-corrected chi connectivity index (χ2v) is 6.32. The van der Waals surface area contributed by atoms with Crippen molar-refractivity contribution in [2.45, 2.75) is 12.8 Å². The summed E-state index contributed by atoms with van der Waals surface area (Å²) in [5.74, 6) is 1.53. The minimum absolute atomic E-state index is 0.618. The van der Waals surface area contributed by atoms with Crippen molar-refractivity contribution in [2.24, 2.45) is 0 Å². The Morgan fingerprint density at radius 2 is 1.80 bits per heavy atom. The maximum Gasteiger partial charge on any atom is 0.220 e. The molecule has 0 saturated carbocycles. The maximum atomic E-state index is 5.83. The summed E-state index contributed by atoms with van der Waals surface area (Å²) in [4.78, 5) is 6.90. The normalized spacial score (nSPS) is 15.4. The van der Waals surface area contributed by atoms with E-state index in [9.17, 15) is 0 Å². The summed E-state index contributed by atoms with van der Waals surface area (Å²) < 4.78 is 11.5. The van der Waals surface area contributed by atoms with E-state index in [2.05, 4.69) is 9.88 Å². The fourth-order valence-corrected chi connectivity index (χ4v) is 3.10. The van der Waals surface area contributed by atoms with E-state index in [1.54, 1.807) is 0 Å². The maximum absolute atomic E-state index is 5.83. The Morgan fingerprint density at radius 3 is 2.60 bits per heavy atom. The van der Waals surface area contributed by atoms with Crippen molar-refractivity contribution >= 4 is 23.3 Å². The molecule has 1 aliphatic rings. The molecule has 0 atom stereocenters. The minimum Gasteiger partial charge on any atom is -0.492 e. The van der Waals surface area contributed by atoms with Crippen LogP contribution in [-0.4, -0.2) is 36.1 Å². The summed E-state index contributed by atoms with van der Waals surface area (Å²) in [6.45, 7) is 4.18. The Hall–Kier alpha value is -2.59. The molecular formula is C21H22N2O2. The lowest BCUT2D eigenvalue weighted by molar-refractivity contribution is 0.238. The Morgan fingerprint density at radius 1 is 1.00 bits per heavy atom. The Labute approximate surface area is 147 Å². The number of hydrogen-bond acceptors (Lipinski definition) is 4. The monoisotopic (exact) mass is 334 g/mol. The quantitative estimate of drug-likeness (QED) is 0.666. The van der Waals surface area contributed by atoms with Gasteiger partial charge in [0.25, 0.3) is 0 Å². The van der Waals surface area contributed by atoms with Gasteiger partial charge in [-0.3, -0.25) is 4.90 Å². The molecule has 128 valence electrons. The number of ether oxygens (including phenoxy) is 1. The zero-order valence-corrected chi connectivity index (χ0v) is 14.2. The molecule has 1 aromatic heterocycles. The molecule has 0 radical (unpaired) electrons. The van der Waals surface area contributed by atoms with E-state index in [0.717, 1.165) is 35.6 Å². The SMILES string of the molecule is C(=Cc1nc2ccccc2o1)c1ccc(OCCN2CCCC2)cc1.